The lowest BCUT2D eigenvalue weighted by molar-refractivity contribution is 0.136. The summed E-state index contributed by atoms with van der Waals surface area (Å²) in [4.78, 5) is 5.63. The van der Waals surface area contributed by atoms with Gasteiger partial charge in [-0.2, -0.15) is 0 Å². The quantitative estimate of drug-likeness (QED) is 0.267. The first-order valence-electron chi connectivity index (χ1n) is 7.66. The highest BCUT2D eigenvalue weighted by Crippen LogP contribution is 2.26. The van der Waals surface area contributed by atoms with Crippen molar-refractivity contribution in [3.63, 3.8) is 0 Å². The molecule has 2 N–H and O–H groups in total. The maximum atomic E-state index is 5.53. The molecule has 0 saturated heterocycles. The largest absolute Gasteiger partial charge is 0.380 e. The lowest BCUT2D eigenvalue weighted by Gasteiger charge is -2.25. The van der Waals surface area contributed by atoms with E-state index in [-0.39, 0.29) is 29.4 Å². The molecule has 1 rings (SSSR count). The van der Waals surface area contributed by atoms with Crippen molar-refractivity contribution in [2.75, 3.05) is 33.4 Å². The Morgan fingerprint density at radius 3 is 2.68 bits per heavy atom. The average molecular weight is 439 g/mol. The molecule has 0 aliphatic heterocycles. The number of hydrogen-bond donors (Lipinski definition) is 2. The lowest BCUT2D eigenvalue weighted by Crippen LogP contribution is -2.44. The molecule has 0 fully saturated rings. The van der Waals surface area contributed by atoms with Gasteiger partial charge in [0.25, 0.3) is 0 Å². The number of rotatable bonds is 9. The summed E-state index contributed by atoms with van der Waals surface area (Å²) in [5.74, 6) is 0.832. The number of thiophene rings is 1. The molecule has 1 aromatic rings. The second kappa shape index (κ2) is 12.1. The van der Waals surface area contributed by atoms with Gasteiger partial charge in [-0.1, -0.05) is 33.3 Å². The minimum Gasteiger partial charge on any atom is -0.380 e. The molecule has 1 heterocycles. The van der Waals surface area contributed by atoms with Gasteiger partial charge in [-0.15, -0.1) is 35.3 Å². The summed E-state index contributed by atoms with van der Waals surface area (Å²) in [5, 5.41) is 8.79. The van der Waals surface area contributed by atoms with Gasteiger partial charge in [0.2, 0.25) is 0 Å². The summed E-state index contributed by atoms with van der Waals surface area (Å²) in [6.07, 6.45) is 2.30. The van der Waals surface area contributed by atoms with Crippen LogP contribution >= 0.6 is 35.3 Å². The Kier molecular flexibility index (Phi) is 11.9. The van der Waals surface area contributed by atoms with Crippen LogP contribution in [0.1, 0.15) is 38.5 Å². The van der Waals surface area contributed by atoms with Crippen molar-refractivity contribution in [3.8, 4) is 0 Å². The van der Waals surface area contributed by atoms with Crippen LogP contribution in [0.3, 0.4) is 0 Å². The summed E-state index contributed by atoms with van der Waals surface area (Å²) >= 11 is 1.80. The highest BCUT2D eigenvalue weighted by molar-refractivity contribution is 14.0. The number of halogens is 1. The topological polar surface area (TPSA) is 45.6 Å². The number of unbranched alkanes of at least 4 members (excludes halogenated alkanes) is 1. The van der Waals surface area contributed by atoms with Gasteiger partial charge in [-0.25, -0.2) is 0 Å². The van der Waals surface area contributed by atoms with Gasteiger partial charge in [0.05, 0.1) is 6.61 Å². The predicted octanol–water partition coefficient (Wildman–Crippen LogP) is 3.63. The van der Waals surface area contributed by atoms with Crippen molar-refractivity contribution < 1.29 is 4.74 Å². The molecule has 1 aromatic heterocycles. The van der Waals surface area contributed by atoms with E-state index >= 15 is 0 Å². The second-order valence-corrected chi connectivity index (χ2v) is 6.63. The van der Waals surface area contributed by atoms with Crippen LogP contribution in [-0.4, -0.2) is 39.3 Å². The van der Waals surface area contributed by atoms with E-state index in [1.165, 1.54) is 11.3 Å². The van der Waals surface area contributed by atoms with Gasteiger partial charge in [0.15, 0.2) is 5.96 Å². The van der Waals surface area contributed by atoms with Gasteiger partial charge < -0.3 is 15.4 Å². The predicted molar refractivity (Wildman–Crippen MR) is 108 cm³/mol. The molecule has 0 amide bonds. The molecule has 0 unspecified atom stereocenters. The van der Waals surface area contributed by atoms with Crippen molar-refractivity contribution in [1.82, 2.24) is 10.6 Å². The zero-order chi connectivity index (χ0) is 15.6. The fourth-order valence-electron chi connectivity index (χ4n) is 1.87. The first kappa shape index (κ1) is 21.7. The van der Waals surface area contributed by atoms with E-state index in [0.29, 0.717) is 0 Å². The SMILES string of the molecule is CCCCOCCNC(=NC)NCC(C)(C)c1cccs1.I. The highest BCUT2D eigenvalue weighted by atomic mass is 127. The molecular weight excluding hydrogens is 409 g/mol. The molecule has 6 heteroatoms. The van der Waals surface area contributed by atoms with E-state index in [1.54, 1.807) is 18.4 Å². The molecule has 0 bridgehead atoms. The summed E-state index contributed by atoms with van der Waals surface area (Å²) < 4.78 is 5.53. The third-order valence-corrected chi connectivity index (χ3v) is 4.53. The second-order valence-electron chi connectivity index (χ2n) is 5.68. The van der Waals surface area contributed by atoms with E-state index in [2.05, 4.69) is 53.9 Å². The van der Waals surface area contributed by atoms with E-state index in [0.717, 1.165) is 38.7 Å². The Hall–Kier alpha value is -0.340. The molecular formula is C16H30IN3OS. The van der Waals surface area contributed by atoms with Crippen molar-refractivity contribution in [3.05, 3.63) is 22.4 Å². The summed E-state index contributed by atoms with van der Waals surface area (Å²) in [6.45, 7) is 9.85. The standard InChI is InChI=1S/C16H29N3OS.HI/c1-5-6-10-20-11-9-18-15(17-4)19-13-16(2,3)14-8-7-12-21-14;/h7-8,12H,5-6,9-11,13H2,1-4H3,(H2,17,18,19);1H. The van der Waals surface area contributed by atoms with Crippen LogP contribution in [0.15, 0.2) is 22.5 Å². The molecule has 0 radical (unpaired) electrons. The summed E-state index contributed by atoms with van der Waals surface area (Å²) in [5.41, 5.74) is 0.101. The van der Waals surface area contributed by atoms with Crippen molar-refractivity contribution in [1.29, 1.82) is 0 Å². The molecule has 0 saturated carbocycles. The first-order chi connectivity index (χ1) is 10.1. The zero-order valence-corrected chi connectivity index (χ0v) is 17.3. The maximum absolute atomic E-state index is 5.53. The van der Waals surface area contributed by atoms with E-state index in [9.17, 15) is 0 Å². The summed E-state index contributed by atoms with van der Waals surface area (Å²) in [6, 6.07) is 4.28. The minimum atomic E-state index is 0. The van der Waals surface area contributed by atoms with Crippen LogP contribution in [-0.2, 0) is 10.2 Å². The highest BCUT2D eigenvalue weighted by Gasteiger charge is 2.21. The third-order valence-electron chi connectivity index (χ3n) is 3.29. The smallest absolute Gasteiger partial charge is 0.191 e. The van der Waals surface area contributed by atoms with Crippen molar-refractivity contribution in [2.45, 2.75) is 39.0 Å². The van der Waals surface area contributed by atoms with Gasteiger partial charge in [-0.05, 0) is 17.9 Å². The number of nitrogens with zero attached hydrogens (tertiary/aromatic N) is 1. The molecule has 0 atom stereocenters. The van der Waals surface area contributed by atoms with Crippen molar-refractivity contribution >= 4 is 41.3 Å². The average Bonchev–Trinajstić information content (AvgIpc) is 3.01. The number of hydrogen-bond acceptors (Lipinski definition) is 3. The fourth-order valence-corrected chi connectivity index (χ4v) is 2.72. The number of aliphatic imine (C=N–C) groups is 1. The zero-order valence-electron chi connectivity index (χ0n) is 14.1. The third kappa shape index (κ3) is 8.33. The molecule has 0 spiro atoms. The summed E-state index contributed by atoms with van der Waals surface area (Å²) in [7, 11) is 1.80. The molecule has 22 heavy (non-hydrogen) atoms. The van der Waals surface area contributed by atoms with Crippen LogP contribution in [0.2, 0.25) is 0 Å². The monoisotopic (exact) mass is 439 g/mol. The van der Waals surface area contributed by atoms with Crippen LogP contribution in [0, 0.1) is 0 Å². The molecule has 4 nitrogen and oxygen atoms in total. The molecule has 128 valence electrons. The van der Waals surface area contributed by atoms with Gasteiger partial charge in [0, 0.05) is 37.0 Å². The van der Waals surface area contributed by atoms with E-state index in [4.69, 9.17) is 4.74 Å². The Labute approximate surface area is 156 Å². The van der Waals surface area contributed by atoms with Gasteiger partial charge in [0.1, 0.15) is 0 Å². The van der Waals surface area contributed by atoms with Gasteiger partial charge in [-0.3, -0.25) is 4.99 Å². The Balaban J connectivity index is 0.00000441. The van der Waals surface area contributed by atoms with E-state index in [1.807, 2.05) is 0 Å². The van der Waals surface area contributed by atoms with Gasteiger partial charge >= 0.3 is 0 Å². The number of nitrogens with one attached hydrogen (secondary N) is 2. The Morgan fingerprint density at radius 2 is 2.09 bits per heavy atom. The maximum Gasteiger partial charge on any atom is 0.191 e. The Morgan fingerprint density at radius 1 is 1.32 bits per heavy atom. The minimum absolute atomic E-state index is 0. The number of guanidine groups is 1. The molecule has 0 aliphatic rings. The first-order valence-corrected chi connectivity index (χ1v) is 8.54. The van der Waals surface area contributed by atoms with Crippen molar-refractivity contribution in [2.24, 2.45) is 4.99 Å². The molecule has 0 aliphatic carbocycles. The molecule has 0 aromatic carbocycles. The van der Waals surface area contributed by atoms with E-state index < -0.39 is 0 Å². The van der Waals surface area contributed by atoms with Crippen LogP contribution < -0.4 is 10.6 Å². The normalized spacial score (nSPS) is 11.9. The fraction of sp³-hybridized carbons (Fsp3) is 0.688. The van der Waals surface area contributed by atoms with Crippen LogP contribution in [0.5, 0.6) is 0 Å². The Bertz CT molecular complexity index is 408. The lowest BCUT2D eigenvalue weighted by atomic mass is 9.91. The van der Waals surface area contributed by atoms with Crippen LogP contribution in [0.25, 0.3) is 0 Å². The number of ether oxygens (including phenoxy) is 1. The van der Waals surface area contributed by atoms with Crippen LogP contribution in [0.4, 0.5) is 0 Å².